The molecule has 0 heterocycles. The second-order valence-electron chi connectivity index (χ2n) is 1.90. The van der Waals surface area contributed by atoms with Gasteiger partial charge in [0.25, 0.3) is 0 Å². The maximum absolute atomic E-state index is 3.80. The Morgan fingerprint density at radius 3 is 1.80 bits per heavy atom. The molecule has 10 heavy (non-hydrogen) atoms. The van der Waals surface area contributed by atoms with Gasteiger partial charge in [-0.1, -0.05) is 25.5 Å². The van der Waals surface area contributed by atoms with E-state index in [2.05, 4.69) is 11.9 Å². The van der Waals surface area contributed by atoms with Gasteiger partial charge in [0.15, 0.2) is 0 Å². The predicted molar refractivity (Wildman–Crippen MR) is 49.8 cm³/mol. The van der Waals surface area contributed by atoms with Gasteiger partial charge >= 0.3 is 0 Å². The van der Waals surface area contributed by atoms with E-state index >= 15 is 0 Å². The molecule has 1 heteroatoms. The van der Waals surface area contributed by atoms with Gasteiger partial charge in [-0.2, -0.15) is 0 Å². The molecule has 0 atom stereocenters. The van der Waals surface area contributed by atoms with Crippen LogP contribution in [0.5, 0.6) is 0 Å². The van der Waals surface area contributed by atoms with Crippen molar-refractivity contribution in [1.29, 1.82) is 0 Å². The highest BCUT2D eigenvalue weighted by atomic mass is 14.6. The molecule has 0 aliphatic heterocycles. The van der Waals surface area contributed by atoms with E-state index in [9.17, 15) is 0 Å². The molecule has 0 N–H and O–H groups in total. The van der Waals surface area contributed by atoms with Crippen molar-refractivity contribution in [1.82, 2.24) is 0 Å². The minimum Gasteiger partial charge on any atom is -0.301 e. The van der Waals surface area contributed by atoms with Crippen LogP contribution in [-0.4, -0.2) is 13.3 Å². The van der Waals surface area contributed by atoms with Crippen LogP contribution in [0.3, 0.4) is 0 Å². The standard InChI is InChI=1S/C5H11N.C4H8/c1-3-4-5-6-2;1-3-4-2/h5H,3-4H2,1-2H3;3-4H,1-2H3/b;4-3-. The smallest absolute Gasteiger partial charge is 0.0273 e. The minimum atomic E-state index is 1.12. The molecule has 0 aliphatic carbocycles. The highest BCUT2D eigenvalue weighted by Crippen LogP contribution is 1.77. The Kier molecular flexibility index (Phi) is 19.1. The van der Waals surface area contributed by atoms with Crippen molar-refractivity contribution in [2.24, 2.45) is 4.99 Å². The van der Waals surface area contributed by atoms with Crippen LogP contribution >= 0.6 is 0 Å². The number of unbranched alkanes of at least 4 members (excludes halogenated alkanes) is 1. The molecule has 0 aromatic rings. The first-order chi connectivity index (χ1) is 4.83. The minimum absolute atomic E-state index is 1.12. The Morgan fingerprint density at radius 2 is 1.70 bits per heavy atom. The van der Waals surface area contributed by atoms with Crippen LogP contribution in [0.2, 0.25) is 0 Å². The Morgan fingerprint density at radius 1 is 1.20 bits per heavy atom. The summed E-state index contributed by atoms with van der Waals surface area (Å²) in [5.41, 5.74) is 0. The van der Waals surface area contributed by atoms with E-state index in [1.807, 2.05) is 32.2 Å². The van der Waals surface area contributed by atoms with Crippen molar-refractivity contribution in [3.63, 3.8) is 0 Å². The molecule has 0 rings (SSSR count). The molecular weight excluding hydrogens is 122 g/mol. The lowest BCUT2D eigenvalue weighted by Gasteiger charge is -1.75. The van der Waals surface area contributed by atoms with Gasteiger partial charge in [-0.3, -0.25) is 0 Å². The summed E-state index contributed by atoms with van der Waals surface area (Å²) < 4.78 is 0. The van der Waals surface area contributed by atoms with E-state index in [0.717, 1.165) is 6.42 Å². The van der Waals surface area contributed by atoms with Crippen LogP contribution < -0.4 is 0 Å². The van der Waals surface area contributed by atoms with E-state index in [1.165, 1.54) is 6.42 Å². The van der Waals surface area contributed by atoms with Gasteiger partial charge in [-0.05, 0) is 26.5 Å². The summed E-state index contributed by atoms with van der Waals surface area (Å²) in [6, 6.07) is 0. The normalized spacial score (nSPS) is 10.0. The van der Waals surface area contributed by atoms with Crippen LogP contribution in [0.15, 0.2) is 17.1 Å². The number of allylic oxidation sites excluding steroid dienone is 2. The molecule has 0 saturated heterocycles. The van der Waals surface area contributed by atoms with Gasteiger partial charge in [0, 0.05) is 7.05 Å². The summed E-state index contributed by atoms with van der Waals surface area (Å²) in [4.78, 5) is 3.80. The van der Waals surface area contributed by atoms with Crippen molar-refractivity contribution in [3.8, 4) is 0 Å². The molecule has 1 nitrogen and oxygen atoms in total. The van der Waals surface area contributed by atoms with Crippen molar-refractivity contribution >= 4 is 6.21 Å². The molecular formula is C9H19N. The van der Waals surface area contributed by atoms with E-state index in [0.29, 0.717) is 0 Å². The molecule has 0 saturated carbocycles. The van der Waals surface area contributed by atoms with Crippen molar-refractivity contribution in [2.45, 2.75) is 33.6 Å². The van der Waals surface area contributed by atoms with Crippen LogP contribution in [0.1, 0.15) is 33.6 Å². The van der Waals surface area contributed by atoms with Crippen molar-refractivity contribution in [3.05, 3.63) is 12.2 Å². The molecule has 0 unspecified atom stereocenters. The largest absolute Gasteiger partial charge is 0.301 e. The first kappa shape index (κ1) is 12.1. The lowest BCUT2D eigenvalue weighted by molar-refractivity contribution is 1.01. The summed E-state index contributed by atoms with van der Waals surface area (Å²) in [7, 11) is 1.80. The van der Waals surface area contributed by atoms with Gasteiger partial charge in [0.1, 0.15) is 0 Å². The highest BCUT2D eigenvalue weighted by molar-refractivity contribution is 5.56. The lowest BCUT2D eigenvalue weighted by atomic mass is 10.4. The number of hydrogen-bond donors (Lipinski definition) is 0. The summed E-state index contributed by atoms with van der Waals surface area (Å²) in [5, 5.41) is 0. The summed E-state index contributed by atoms with van der Waals surface area (Å²) in [5.74, 6) is 0. The van der Waals surface area contributed by atoms with E-state index in [-0.39, 0.29) is 0 Å². The summed E-state index contributed by atoms with van der Waals surface area (Å²) >= 11 is 0. The molecule has 0 aromatic carbocycles. The molecule has 0 radical (unpaired) electrons. The fourth-order valence-electron chi connectivity index (χ4n) is 0.258. The van der Waals surface area contributed by atoms with Crippen LogP contribution in [0.4, 0.5) is 0 Å². The number of hydrogen-bond acceptors (Lipinski definition) is 1. The first-order valence-corrected chi connectivity index (χ1v) is 3.81. The van der Waals surface area contributed by atoms with Gasteiger partial charge in [0.2, 0.25) is 0 Å². The van der Waals surface area contributed by atoms with Gasteiger partial charge in [0.05, 0.1) is 0 Å². The maximum Gasteiger partial charge on any atom is 0.0273 e. The molecule has 0 fully saturated rings. The second-order valence-corrected chi connectivity index (χ2v) is 1.90. The van der Waals surface area contributed by atoms with Crippen LogP contribution in [0.25, 0.3) is 0 Å². The topological polar surface area (TPSA) is 12.4 Å². The number of rotatable bonds is 2. The van der Waals surface area contributed by atoms with Crippen LogP contribution in [-0.2, 0) is 0 Å². The Balaban J connectivity index is 0. The maximum atomic E-state index is 3.80. The van der Waals surface area contributed by atoms with E-state index < -0.39 is 0 Å². The predicted octanol–water partition coefficient (Wildman–Crippen LogP) is 3.07. The van der Waals surface area contributed by atoms with E-state index in [1.54, 1.807) is 7.05 Å². The third-order valence-corrected chi connectivity index (χ3v) is 0.934. The quantitative estimate of drug-likeness (QED) is 0.414. The number of nitrogens with zero attached hydrogens (tertiary/aromatic N) is 1. The van der Waals surface area contributed by atoms with Crippen LogP contribution in [0, 0.1) is 0 Å². The van der Waals surface area contributed by atoms with E-state index in [4.69, 9.17) is 0 Å². The Hall–Kier alpha value is -0.590. The van der Waals surface area contributed by atoms with Gasteiger partial charge in [-0.25, -0.2) is 0 Å². The average molecular weight is 141 g/mol. The Labute approximate surface area is 64.9 Å². The van der Waals surface area contributed by atoms with Gasteiger partial charge < -0.3 is 4.99 Å². The first-order valence-electron chi connectivity index (χ1n) is 3.81. The molecule has 0 aliphatic rings. The Bertz CT molecular complexity index is 78.7. The SMILES string of the molecule is C/C=C\C.CCCC=NC. The zero-order valence-electron chi connectivity index (χ0n) is 7.59. The average Bonchev–Trinajstić information content (AvgIpc) is 2.01. The van der Waals surface area contributed by atoms with Gasteiger partial charge in [-0.15, -0.1) is 0 Å². The number of aliphatic imine (C=N–C) groups is 1. The fourth-order valence-corrected chi connectivity index (χ4v) is 0.258. The monoisotopic (exact) mass is 141 g/mol. The zero-order valence-corrected chi connectivity index (χ0v) is 7.59. The van der Waals surface area contributed by atoms with Crippen molar-refractivity contribution in [2.75, 3.05) is 7.05 Å². The summed E-state index contributed by atoms with van der Waals surface area (Å²) in [6.45, 7) is 6.14. The molecule has 60 valence electrons. The molecule has 0 aromatic heterocycles. The molecule has 0 amide bonds. The molecule has 0 spiro atoms. The fraction of sp³-hybridized carbons (Fsp3) is 0.667. The second kappa shape index (κ2) is 15.8. The molecule has 0 bridgehead atoms. The zero-order chi connectivity index (χ0) is 8.24. The van der Waals surface area contributed by atoms with Crippen molar-refractivity contribution < 1.29 is 0 Å². The highest BCUT2D eigenvalue weighted by Gasteiger charge is 1.66. The third kappa shape index (κ3) is 26.2. The third-order valence-electron chi connectivity index (χ3n) is 0.934. The summed E-state index contributed by atoms with van der Waals surface area (Å²) in [6.07, 6.45) is 8.26. The lowest BCUT2D eigenvalue weighted by Crippen LogP contribution is -1.67.